The van der Waals surface area contributed by atoms with E-state index in [2.05, 4.69) is 19.2 Å². The molecule has 1 aromatic carbocycles. The Labute approximate surface area is 114 Å². The van der Waals surface area contributed by atoms with Crippen LogP contribution in [0, 0.1) is 17.7 Å². The second-order valence-electron chi connectivity index (χ2n) is 5.27. The molecular formula is C15H21ClFN. The van der Waals surface area contributed by atoms with Crippen molar-refractivity contribution in [3.8, 4) is 0 Å². The Morgan fingerprint density at radius 3 is 2.83 bits per heavy atom. The van der Waals surface area contributed by atoms with Crippen LogP contribution in [0.2, 0.25) is 5.02 Å². The number of halogens is 2. The summed E-state index contributed by atoms with van der Waals surface area (Å²) in [6, 6.07) is 5.52. The lowest BCUT2D eigenvalue weighted by molar-refractivity contribution is 0.352. The summed E-state index contributed by atoms with van der Waals surface area (Å²) in [6.07, 6.45) is 3.10. The van der Waals surface area contributed by atoms with Gasteiger partial charge in [-0.05, 0) is 49.8 Å². The fourth-order valence-electron chi connectivity index (χ4n) is 3.08. The number of hydrogen-bond donors (Lipinski definition) is 1. The van der Waals surface area contributed by atoms with Crippen LogP contribution in [0.5, 0.6) is 0 Å². The molecule has 3 atom stereocenters. The van der Waals surface area contributed by atoms with Crippen LogP contribution >= 0.6 is 11.6 Å². The molecule has 1 aromatic rings. The lowest BCUT2D eigenvalue weighted by Crippen LogP contribution is -2.32. The third kappa shape index (κ3) is 2.86. The third-order valence-electron chi connectivity index (χ3n) is 4.22. The number of nitrogens with one attached hydrogen (secondary N) is 1. The molecule has 0 saturated heterocycles. The second-order valence-corrected chi connectivity index (χ2v) is 5.67. The highest BCUT2D eigenvalue weighted by molar-refractivity contribution is 6.31. The van der Waals surface area contributed by atoms with E-state index in [9.17, 15) is 4.39 Å². The van der Waals surface area contributed by atoms with Crippen LogP contribution < -0.4 is 5.32 Å². The Morgan fingerprint density at radius 2 is 2.17 bits per heavy atom. The van der Waals surface area contributed by atoms with Gasteiger partial charge in [0.05, 0.1) is 0 Å². The molecule has 0 aliphatic heterocycles. The average molecular weight is 270 g/mol. The first-order valence-electron chi connectivity index (χ1n) is 6.79. The molecule has 0 aromatic heterocycles. The maximum atomic E-state index is 13.8. The molecule has 0 heterocycles. The monoisotopic (exact) mass is 269 g/mol. The predicted octanol–water partition coefficient (Wildman–Crippen LogP) is 4.05. The van der Waals surface area contributed by atoms with Crippen molar-refractivity contribution in [3.63, 3.8) is 0 Å². The van der Waals surface area contributed by atoms with E-state index in [-0.39, 0.29) is 5.82 Å². The summed E-state index contributed by atoms with van der Waals surface area (Å²) in [7, 11) is 0. The first-order chi connectivity index (χ1) is 8.63. The Hall–Kier alpha value is -0.600. The molecule has 3 unspecified atom stereocenters. The van der Waals surface area contributed by atoms with Crippen molar-refractivity contribution in [2.24, 2.45) is 11.8 Å². The van der Waals surface area contributed by atoms with Gasteiger partial charge in [0, 0.05) is 16.6 Å². The summed E-state index contributed by atoms with van der Waals surface area (Å²) < 4.78 is 13.8. The van der Waals surface area contributed by atoms with Gasteiger partial charge in [0.15, 0.2) is 0 Å². The molecule has 1 nitrogen and oxygen atoms in total. The summed E-state index contributed by atoms with van der Waals surface area (Å²) in [4.78, 5) is 0. The molecule has 1 N–H and O–H groups in total. The molecule has 0 amide bonds. The van der Waals surface area contributed by atoms with Gasteiger partial charge >= 0.3 is 0 Å². The predicted molar refractivity (Wildman–Crippen MR) is 74.5 cm³/mol. The van der Waals surface area contributed by atoms with E-state index >= 15 is 0 Å². The fourth-order valence-corrected chi connectivity index (χ4v) is 3.32. The average Bonchev–Trinajstić information content (AvgIpc) is 2.67. The number of benzene rings is 1. The zero-order valence-corrected chi connectivity index (χ0v) is 11.8. The van der Waals surface area contributed by atoms with Gasteiger partial charge in [0.25, 0.3) is 0 Å². The standard InChI is InChI=1S/C15H21ClFN/c1-3-18-15-8-7-11(10(15)2)9-12-13(16)5-4-6-14(12)17/h4-6,10-11,15,18H,3,7-9H2,1-2H3. The largest absolute Gasteiger partial charge is 0.314 e. The first kappa shape index (κ1) is 13.8. The minimum absolute atomic E-state index is 0.165. The highest BCUT2D eigenvalue weighted by Crippen LogP contribution is 2.36. The molecule has 0 radical (unpaired) electrons. The van der Waals surface area contributed by atoms with Crippen molar-refractivity contribution in [2.75, 3.05) is 6.54 Å². The van der Waals surface area contributed by atoms with Gasteiger partial charge in [-0.3, -0.25) is 0 Å². The summed E-state index contributed by atoms with van der Waals surface area (Å²) in [5, 5.41) is 4.08. The summed E-state index contributed by atoms with van der Waals surface area (Å²) >= 11 is 6.10. The van der Waals surface area contributed by atoms with Crippen molar-refractivity contribution in [2.45, 2.75) is 39.2 Å². The van der Waals surface area contributed by atoms with Crippen LogP contribution in [0.3, 0.4) is 0 Å². The van der Waals surface area contributed by atoms with E-state index in [1.165, 1.54) is 12.5 Å². The van der Waals surface area contributed by atoms with Gasteiger partial charge in [-0.25, -0.2) is 4.39 Å². The van der Waals surface area contributed by atoms with Crippen LogP contribution in [-0.2, 0) is 6.42 Å². The highest BCUT2D eigenvalue weighted by atomic mass is 35.5. The van der Waals surface area contributed by atoms with Crippen molar-refractivity contribution >= 4 is 11.6 Å². The summed E-state index contributed by atoms with van der Waals surface area (Å²) in [6.45, 7) is 5.40. The molecule has 1 aliphatic rings. The second kappa shape index (κ2) is 6.03. The van der Waals surface area contributed by atoms with Gasteiger partial charge in [0.2, 0.25) is 0 Å². The molecule has 100 valence electrons. The molecule has 2 rings (SSSR count). The topological polar surface area (TPSA) is 12.0 Å². The minimum Gasteiger partial charge on any atom is -0.314 e. The van der Waals surface area contributed by atoms with Gasteiger partial charge < -0.3 is 5.32 Å². The molecule has 18 heavy (non-hydrogen) atoms. The molecule has 1 fully saturated rings. The Morgan fingerprint density at radius 1 is 1.39 bits per heavy atom. The quantitative estimate of drug-likeness (QED) is 0.870. The van der Waals surface area contributed by atoms with E-state index in [1.54, 1.807) is 12.1 Å². The van der Waals surface area contributed by atoms with E-state index < -0.39 is 0 Å². The number of hydrogen-bond acceptors (Lipinski definition) is 1. The minimum atomic E-state index is -0.165. The molecule has 0 spiro atoms. The normalized spacial score (nSPS) is 27.7. The zero-order chi connectivity index (χ0) is 13.1. The lowest BCUT2D eigenvalue weighted by atomic mass is 9.89. The van der Waals surface area contributed by atoms with Crippen LogP contribution in [0.15, 0.2) is 18.2 Å². The van der Waals surface area contributed by atoms with Gasteiger partial charge in [-0.15, -0.1) is 0 Å². The lowest BCUT2D eigenvalue weighted by Gasteiger charge is -2.22. The van der Waals surface area contributed by atoms with Crippen LogP contribution in [0.1, 0.15) is 32.3 Å². The molecule has 1 aliphatic carbocycles. The van der Waals surface area contributed by atoms with Crippen molar-refractivity contribution in [1.29, 1.82) is 0 Å². The smallest absolute Gasteiger partial charge is 0.127 e. The number of rotatable bonds is 4. The zero-order valence-electron chi connectivity index (χ0n) is 11.0. The highest BCUT2D eigenvalue weighted by Gasteiger charge is 2.32. The van der Waals surface area contributed by atoms with E-state index in [0.717, 1.165) is 19.4 Å². The maximum Gasteiger partial charge on any atom is 0.127 e. The molecule has 1 saturated carbocycles. The SMILES string of the molecule is CCNC1CCC(Cc2c(F)cccc2Cl)C1C. The Kier molecular flexibility index (Phi) is 4.63. The molecule has 3 heteroatoms. The van der Waals surface area contributed by atoms with E-state index in [1.807, 2.05) is 0 Å². The van der Waals surface area contributed by atoms with Crippen LogP contribution in [0.25, 0.3) is 0 Å². The first-order valence-corrected chi connectivity index (χ1v) is 7.17. The van der Waals surface area contributed by atoms with Crippen molar-refractivity contribution < 1.29 is 4.39 Å². The Bertz CT molecular complexity index is 387. The summed E-state index contributed by atoms with van der Waals surface area (Å²) in [5.74, 6) is 0.950. The van der Waals surface area contributed by atoms with Crippen molar-refractivity contribution in [1.82, 2.24) is 5.32 Å². The van der Waals surface area contributed by atoms with E-state index in [4.69, 9.17) is 11.6 Å². The van der Waals surface area contributed by atoms with Gasteiger partial charge in [0.1, 0.15) is 5.82 Å². The molecular weight excluding hydrogens is 249 g/mol. The van der Waals surface area contributed by atoms with Crippen molar-refractivity contribution in [3.05, 3.63) is 34.6 Å². The third-order valence-corrected chi connectivity index (χ3v) is 4.58. The Balaban J connectivity index is 2.06. The maximum absolute atomic E-state index is 13.8. The summed E-state index contributed by atoms with van der Waals surface area (Å²) in [5.41, 5.74) is 0.688. The van der Waals surface area contributed by atoms with Crippen LogP contribution in [0.4, 0.5) is 4.39 Å². The fraction of sp³-hybridized carbons (Fsp3) is 0.600. The molecule has 0 bridgehead atoms. The van der Waals surface area contributed by atoms with Gasteiger partial charge in [-0.2, -0.15) is 0 Å². The van der Waals surface area contributed by atoms with Gasteiger partial charge in [-0.1, -0.05) is 31.5 Å². The van der Waals surface area contributed by atoms with E-state index in [0.29, 0.717) is 28.5 Å². The van der Waals surface area contributed by atoms with Crippen LogP contribution in [-0.4, -0.2) is 12.6 Å².